The van der Waals surface area contributed by atoms with Crippen molar-refractivity contribution in [3.63, 3.8) is 0 Å². The molecule has 0 unspecified atom stereocenters. The van der Waals surface area contributed by atoms with Gasteiger partial charge in [0.05, 0.1) is 23.0 Å². The van der Waals surface area contributed by atoms with Crippen molar-refractivity contribution in [3.8, 4) is 28.8 Å². The zero-order valence-corrected chi connectivity index (χ0v) is 23.3. The number of rotatable bonds is 10. The van der Waals surface area contributed by atoms with Gasteiger partial charge in [-0.15, -0.1) is 0 Å². The van der Waals surface area contributed by atoms with E-state index in [0.29, 0.717) is 39.4 Å². The Morgan fingerprint density at radius 3 is 2.62 bits per heavy atom. The van der Waals surface area contributed by atoms with Gasteiger partial charge in [0.15, 0.2) is 18.1 Å². The molecule has 0 saturated carbocycles. The molecule has 0 fully saturated rings. The summed E-state index contributed by atoms with van der Waals surface area (Å²) in [5, 5.41) is 16.4. The molecule has 0 aliphatic heterocycles. The Morgan fingerprint density at radius 2 is 1.90 bits per heavy atom. The molecule has 40 heavy (non-hydrogen) atoms. The summed E-state index contributed by atoms with van der Waals surface area (Å²) < 4.78 is 12.1. The number of nitrogens with one attached hydrogen (secondary N) is 3. The van der Waals surface area contributed by atoms with Gasteiger partial charge in [0.25, 0.3) is 11.5 Å². The standard InChI is InChI=1S/C29H25BrN6O4/c1-3-39-24-14-19(13-22(30)27(24)40-17-25(37)33-23-12-8-7-9-18(23)2)16-32-36-29-34-26(20-10-5-4-6-11-20)21(15-31)28(38)35-29/h4-14,16H,3,17H2,1-2H3,(H,33,37)(H2,34,35,36,38). The summed E-state index contributed by atoms with van der Waals surface area (Å²) in [5.74, 6) is 0.552. The Kier molecular flexibility index (Phi) is 9.27. The van der Waals surface area contributed by atoms with E-state index in [9.17, 15) is 14.9 Å². The van der Waals surface area contributed by atoms with Crippen molar-refractivity contribution in [3.05, 3.63) is 98.2 Å². The van der Waals surface area contributed by atoms with Gasteiger partial charge >= 0.3 is 0 Å². The lowest BCUT2D eigenvalue weighted by molar-refractivity contribution is -0.118. The molecule has 3 N–H and O–H groups in total. The van der Waals surface area contributed by atoms with Gasteiger partial charge in [0.1, 0.15) is 11.6 Å². The second-order valence-electron chi connectivity index (χ2n) is 8.40. The highest BCUT2D eigenvalue weighted by atomic mass is 79.9. The van der Waals surface area contributed by atoms with E-state index in [1.54, 1.807) is 36.4 Å². The Labute approximate surface area is 238 Å². The van der Waals surface area contributed by atoms with Crippen LogP contribution in [0.2, 0.25) is 0 Å². The summed E-state index contributed by atoms with van der Waals surface area (Å²) in [5.41, 5.74) is 5.21. The quantitative estimate of drug-likeness (QED) is 0.167. The van der Waals surface area contributed by atoms with Crippen LogP contribution in [0.25, 0.3) is 11.3 Å². The number of halogens is 1. The number of hydrogen-bond donors (Lipinski definition) is 3. The summed E-state index contributed by atoms with van der Waals surface area (Å²) in [6.07, 6.45) is 1.50. The molecule has 0 aliphatic carbocycles. The van der Waals surface area contributed by atoms with Crippen LogP contribution in [0.3, 0.4) is 0 Å². The van der Waals surface area contributed by atoms with Gasteiger partial charge in [-0.2, -0.15) is 10.4 Å². The van der Waals surface area contributed by atoms with Gasteiger partial charge in [-0.1, -0.05) is 48.5 Å². The number of para-hydroxylation sites is 1. The molecule has 0 spiro atoms. The minimum absolute atomic E-state index is 0.0721. The third-order valence-corrected chi connectivity index (χ3v) is 6.15. The van der Waals surface area contributed by atoms with Crippen molar-refractivity contribution in [1.82, 2.24) is 9.97 Å². The van der Waals surface area contributed by atoms with E-state index in [1.165, 1.54) is 6.21 Å². The number of carbonyl (C=O) groups excluding carboxylic acids is 1. The van der Waals surface area contributed by atoms with Crippen LogP contribution in [-0.4, -0.2) is 35.3 Å². The van der Waals surface area contributed by atoms with Crippen LogP contribution in [0.1, 0.15) is 23.6 Å². The molecular weight excluding hydrogens is 576 g/mol. The topological polar surface area (TPSA) is 141 Å². The van der Waals surface area contributed by atoms with Crippen LogP contribution in [0, 0.1) is 18.3 Å². The van der Waals surface area contributed by atoms with Gasteiger partial charge in [-0.05, 0) is 59.1 Å². The lowest BCUT2D eigenvalue weighted by atomic mass is 10.1. The molecule has 0 aliphatic rings. The normalized spacial score (nSPS) is 10.7. The number of aromatic nitrogens is 2. The van der Waals surface area contributed by atoms with Crippen molar-refractivity contribution in [2.45, 2.75) is 13.8 Å². The summed E-state index contributed by atoms with van der Waals surface area (Å²) in [6, 6.07) is 21.8. The van der Waals surface area contributed by atoms with E-state index in [1.807, 2.05) is 50.2 Å². The number of anilines is 2. The minimum atomic E-state index is -0.580. The number of H-pyrrole nitrogens is 1. The number of nitriles is 1. The second-order valence-corrected chi connectivity index (χ2v) is 9.26. The SMILES string of the molecule is CCOc1cc(C=NNc2nc(-c3ccccc3)c(C#N)c(=O)[nH]2)cc(Br)c1OCC(=O)Nc1ccccc1C. The van der Waals surface area contributed by atoms with Crippen LogP contribution in [0.15, 0.2) is 81.1 Å². The predicted octanol–water partition coefficient (Wildman–Crippen LogP) is 5.24. The summed E-state index contributed by atoms with van der Waals surface area (Å²) in [4.78, 5) is 31.8. The number of aryl methyl sites for hydroxylation is 1. The fraction of sp³-hybridized carbons (Fsp3) is 0.138. The molecular formula is C29H25BrN6O4. The van der Waals surface area contributed by atoms with Crippen molar-refractivity contribution in [2.75, 3.05) is 24.0 Å². The highest BCUT2D eigenvalue weighted by molar-refractivity contribution is 9.10. The highest BCUT2D eigenvalue weighted by Crippen LogP contribution is 2.36. The number of hydrogen-bond acceptors (Lipinski definition) is 8. The smallest absolute Gasteiger partial charge is 0.270 e. The van der Waals surface area contributed by atoms with Gasteiger partial charge in [-0.3, -0.25) is 14.6 Å². The Morgan fingerprint density at radius 1 is 1.15 bits per heavy atom. The maximum Gasteiger partial charge on any atom is 0.270 e. The van der Waals surface area contributed by atoms with Crippen molar-refractivity contribution >= 4 is 39.7 Å². The summed E-state index contributed by atoms with van der Waals surface area (Å²) in [6.45, 7) is 3.90. The Balaban J connectivity index is 1.49. The van der Waals surface area contributed by atoms with Gasteiger partial charge in [0.2, 0.25) is 5.95 Å². The number of ether oxygens (including phenoxy) is 2. The van der Waals surface area contributed by atoms with Crippen molar-refractivity contribution in [2.24, 2.45) is 5.10 Å². The van der Waals surface area contributed by atoms with Gasteiger partial charge < -0.3 is 14.8 Å². The first-order valence-corrected chi connectivity index (χ1v) is 13.0. The molecule has 0 bridgehead atoms. The number of hydrazone groups is 1. The lowest BCUT2D eigenvalue weighted by Gasteiger charge is -2.15. The van der Waals surface area contributed by atoms with Crippen LogP contribution < -0.4 is 25.8 Å². The molecule has 4 aromatic rings. The molecule has 0 atom stereocenters. The van der Waals surface area contributed by atoms with E-state index in [2.05, 4.69) is 41.7 Å². The minimum Gasteiger partial charge on any atom is -0.490 e. The zero-order valence-electron chi connectivity index (χ0n) is 21.7. The van der Waals surface area contributed by atoms with E-state index in [0.717, 1.165) is 5.56 Å². The van der Waals surface area contributed by atoms with E-state index < -0.39 is 5.56 Å². The zero-order chi connectivity index (χ0) is 28.5. The predicted molar refractivity (Wildman–Crippen MR) is 157 cm³/mol. The summed E-state index contributed by atoms with van der Waals surface area (Å²) >= 11 is 3.48. The fourth-order valence-electron chi connectivity index (χ4n) is 3.71. The first-order valence-electron chi connectivity index (χ1n) is 12.2. The van der Waals surface area contributed by atoms with E-state index in [4.69, 9.17) is 9.47 Å². The monoisotopic (exact) mass is 600 g/mol. The second kappa shape index (κ2) is 13.2. The molecule has 11 heteroatoms. The molecule has 10 nitrogen and oxygen atoms in total. The maximum atomic E-state index is 12.5. The van der Waals surface area contributed by atoms with Gasteiger partial charge in [-0.25, -0.2) is 10.4 Å². The maximum absolute atomic E-state index is 12.5. The Hall–Kier alpha value is -4.95. The van der Waals surface area contributed by atoms with Crippen LogP contribution in [-0.2, 0) is 4.79 Å². The molecule has 0 saturated heterocycles. The molecule has 1 heterocycles. The Bertz CT molecular complexity index is 1650. The first-order chi connectivity index (χ1) is 19.4. The van der Waals surface area contributed by atoms with Crippen molar-refractivity contribution in [1.29, 1.82) is 5.26 Å². The third kappa shape index (κ3) is 6.92. The molecule has 3 aromatic carbocycles. The molecule has 1 aromatic heterocycles. The third-order valence-electron chi connectivity index (χ3n) is 5.56. The number of benzene rings is 3. The lowest BCUT2D eigenvalue weighted by Crippen LogP contribution is -2.21. The molecule has 4 rings (SSSR count). The largest absolute Gasteiger partial charge is 0.490 e. The molecule has 1 amide bonds. The first kappa shape index (κ1) is 28.1. The number of aromatic amines is 1. The summed E-state index contributed by atoms with van der Waals surface area (Å²) in [7, 11) is 0. The average Bonchev–Trinajstić information content (AvgIpc) is 2.94. The van der Waals surface area contributed by atoms with Crippen LogP contribution in [0.4, 0.5) is 11.6 Å². The van der Waals surface area contributed by atoms with Crippen LogP contribution >= 0.6 is 15.9 Å². The number of nitrogens with zero attached hydrogens (tertiary/aromatic N) is 3. The highest BCUT2D eigenvalue weighted by Gasteiger charge is 2.15. The molecule has 0 radical (unpaired) electrons. The number of carbonyl (C=O) groups is 1. The van der Waals surface area contributed by atoms with Gasteiger partial charge in [0, 0.05) is 11.3 Å². The number of amides is 1. The molecule has 202 valence electrons. The van der Waals surface area contributed by atoms with Crippen LogP contribution in [0.5, 0.6) is 11.5 Å². The fourth-order valence-corrected chi connectivity index (χ4v) is 4.28. The van der Waals surface area contributed by atoms with E-state index in [-0.39, 0.29) is 29.7 Å². The van der Waals surface area contributed by atoms with E-state index >= 15 is 0 Å². The average molecular weight is 601 g/mol. The van der Waals surface area contributed by atoms with Crippen molar-refractivity contribution < 1.29 is 14.3 Å².